The Kier molecular flexibility index (Phi) is 3.36. The highest BCUT2D eigenvalue weighted by atomic mass is 32.2. The summed E-state index contributed by atoms with van der Waals surface area (Å²) in [5.74, 6) is -1.14. The number of hydrogen-bond donors (Lipinski definition) is 3. The van der Waals surface area contributed by atoms with Gasteiger partial charge in [-0.3, -0.25) is 14.6 Å². The van der Waals surface area contributed by atoms with Crippen LogP contribution in [0.2, 0.25) is 0 Å². The third kappa shape index (κ3) is 2.48. The Morgan fingerprint density at radius 3 is 2.62 bits per heavy atom. The van der Waals surface area contributed by atoms with Crippen LogP contribution in [0.3, 0.4) is 0 Å². The third-order valence-electron chi connectivity index (χ3n) is 3.63. The van der Waals surface area contributed by atoms with Crippen molar-refractivity contribution < 1.29 is 14.7 Å². The van der Waals surface area contributed by atoms with Crippen molar-refractivity contribution in [3.63, 3.8) is 0 Å². The first-order valence-electron chi connectivity index (χ1n) is 6.48. The van der Waals surface area contributed by atoms with E-state index < -0.39 is 29.2 Å². The van der Waals surface area contributed by atoms with Gasteiger partial charge in [0, 0.05) is 11.9 Å². The molecule has 8 nitrogen and oxygen atoms in total. The van der Waals surface area contributed by atoms with Gasteiger partial charge in [-0.05, 0) is 18.8 Å². The van der Waals surface area contributed by atoms with Crippen molar-refractivity contribution in [2.45, 2.75) is 24.3 Å². The molecule has 1 aliphatic heterocycles. The van der Waals surface area contributed by atoms with Crippen molar-refractivity contribution in [3.8, 4) is 0 Å². The first-order valence-corrected chi connectivity index (χ1v) is 7.53. The largest absolute Gasteiger partial charge is 0.480 e. The minimum atomic E-state index is -1.08. The summed E-state index contributed by atoms with van der Waals surface area (Å²) < 4.78 is 0. The van der Waals surface area contributed by atoms with Crippen LogP contribution in [0, 0.1) is 5.92 Å². The average molecular weight is 311 g/mol. The number of aliphatic carboxylic acids is 1. The molecule has 1 aliphatic carbocycles. The first kappa shape index (κ1) is 13.9. The maximum absolute atomic E-state index is 12.5. The van der Waals surface area contributed by atoms with Crippen LogP contribution >= 0.6 is 11.8 Å². The van der Waals surface area contributed by atoms with Gasteiger partial charge in [0.2, 0.25) is 0 Å². The number of nitrogens with zero attached hydrogens (tertiary/aromatic N) is 1. The highest BCUT2D eigenvalue weighted by Gasteiger charge is 2.48. The van der Waals surface area contributed by atoms with Gasteiger partial charge in [-0.25, -0.2) is 9.59 Å². The number of carboxylic acid groups (broad SMARTS) is 1. The molecule has 1 aromatic rings. The molecular formula is C12H13N3O5S. The molecule has 0 radical (unpaired) electrons. The van der Waals surface area contributed by atoms with E-state index in [9.17, 15) is 24.3 Å². The number of H-pyrrole nitrogens is 2. The number of rotatable bonds is 3. The first-order chi connectivity index (χ1) is 9.99. The smallest absolute Gasteiger partial charge is 0.327 e. The molecule has 0 aromatic carbocycles. The molecule has 3 rings (SSSR count). The second kappa shape index (κ2) is 5.06. The highest BCUT2D eigenvalue weighted by molar-refractivity contribution is 8.00. The molecule has 2 unspecified atom stereocenters. The molecule has 1 saturated carbocycles. The number of hydrogen-bond acceptors (Lipinski definition) is 5. The van der Waals surface area contributed by atoms with Crippen LogP contribution in [0.4, 0.5) is 0 Å². The summed E-state index contributed by atoms with van der Waals surface area (Å²) >= 11 is 1.43. The molecule has 112 valence electrons. The van der Waals surface area contributed by atoms with Gasteiger partial charge >= 0.3 is 11.7 Å². The Labute approximate surface area is 122 Å². The van der Waals surface area contributed by atoms with E-state index in [-0.39, 0.29) is 16.9 Å². The van der Waals surface area contributed by atoms with Crippen molar-refractivity contribution in [2.75, 3.05) is 5.75 Å². The molecular weight excluding hydrogens is 298 g/mol. The zero-order valence-electron chi connectivity index (χ0n) is 10.9. The molecule has 21 heavy (non-hydrogen) atoms. The number of nitrogens with one attached hydrogen (secondary N) is 2. The summed E-state index contributed by atoms with van der Waals surface area (Å²) in [7, 11) is 0. The normalized spacial score (nSPS) is 25.0. The van der Waals surface area contributed by atoms with Crippen molar-refractivity contribution >= 4 is 23.6 Å². The van der Waals surface area contributed by atoms with Crippen molar-refractivity contribution in [2.24, 2.45) is 5.92 Å². The molecule has 1 amide bonds. The number of amides is 1. The van der Waals surface area contributed by atoms with Gasteiger partial charge in [0.1, 0.15) is 11.6 Å². The van der Waals surface area contributed by atoms with Gasteiger partial charge in [-0.2, -0.15) is 0 Å². The number of carboxylic acids is 1. The summed E-state index contributed by atoms with van der Waals surface area (Å²) in [4.78, 5) is 52.1. The predicted molar refractivity (Wildman–Crippen MR) is 74.2 cm³/mol. The van der Waals surface area contributed by atoms with Gasteiger partial charge in [-0.15, -0.1) is 11.8 Å². The van der Waals surface area contributed by atoms with E-state index >= 15 is 0 Å². The van der Waals surface area contributed by atoms with Gasteiger partial charge in [-0.1, -0.05) is 0 Å². The van der Waals surface area contributed by atoms with E-state index in [4.69, 9.17) is 0 Å². The molecule has 3 N–H and O–H groups in total. The number of thioether (sulfide) groups is 1. The topological polar surface area (TPSA) is 123 Å². The second-order valence-electron chi connectivity index (χ2n) is 5.11. The number of carbonyl (C=O) groups excluding carboxylic acids is 1. The fourth-order valence-corrected chi connectivity index (χ4v) is 4.06. The molecule has 2 fully saturated rings. The number of aromatic amines is 2. The highest BCUT2D eigenvalue weighted by Crippen LogP contribution is 2.45. The third-order valence-corrected chi connectivity index (χ3v) is 5.09. The molecule has 2 heterocycles. The van der Waals surface area contributed by atoms with Gasteiger partial charge < -0.3 is 15.0 Å². The van der Waals surface area contributed by atoms with Crippen molar-refractivity contribution in [1.29, 1.82) is 0 Å². The second-order valence-corrected chi connectivity index (χ2v) is 6.26. The van der Waals surface area contributed by atoms with Crippen molar-refractivity contribution in [3.05, 3.63) is 32.6 Å². The molecule has 0 bridgehead atoms. The molecule has 1 aromatic heterocycles. The lowest BCUT2D eigenvalue weighted by Gasteiger charge is -2.27. The van der Waals surface area contributed by atoms with E-state index in [1.54, 1.807) is 0 Å². The standard InChI is InChI=1S/C12H13N3O5S/c16-8-6(3-13-12(20)14-8)9(17)15-7(11(18)19)4-21-10(15)5-1-2-5/h3,5,7,10H,1-2,4H2,(H,18,19)(H2,13,14,16,20). The maximum Gasteiger partial charge on any atom is 0.327 e. The monoisotopic (exact) mass is 311 g/mol. The van der Waals surface area contributed by atoms with Crippen LogP contribution in [-0.2, 0) is 4.79 Å². The molecule has 1 saturated heterocycles. The lowest BCUT2D eigenvalue weighted by atomic mass is 10.2. The van der Waals surface area contributed by atoms with Crippen LogP contribution in [-0.4, -0.2) is 49.0 Å². The Hall–Kier alpha value is -2.03. The van der Waals surface area contributed by atoms with Crippen LogP contribution in [0.25, 0.3) is 0 Å². The lowest BCUT2D eigenvalue weighted by Crippen LogP contribution is -2.48. The number of aromatic nitrogens is 2. The van der Waals surface area contributed by atoms with Crippen LogP contribution in [0.15, 0.2) is 15.8 Å². The van der Waals surface area contributed by atoms with Crippen LogP contribution in [0.1, 0.15) is 23.2 Å². The van der Waals surface area contributed by atoms with E-state index in [2.05, 4.69) is 4.98 Å². The lowest BCUT2D eigenvalue weighted by molar-refractivity contribution is -0.141. The molecule has 2 aliphatic rings. The predicted octanol–water partition coefficient (Wildman–Crippen LogP) is -0.558. The zero-order chi connectivity index (χ0) is 15.1. The van der Waals surface area contributed by atoms with Gasteiger partial charge in [0.05, 0.1) is 5.37 Å². The molecule has 9 heteroatoms. The SMILES string of the molecule is O=C(O)C1CSC(C2CC2)N1C(=O)c1c[nH]c(=O)[nH]c1=O. The summed E-state index contributed by atoms with van der Waals surface area (Å²) in [6.07, 6.45) is 2.95. The van der Waals surface area contributed by atoms with Gasteiger partial charge in [0.25, 0.3) is 11.5 Å². The maximum atomic E-state index is 12.5. The van der Waals surface area contributed by atoms with E-state index in [1.165, 1.54) is 16.7 Å². The molecule has 0 spiro atoms. The summed E-state index contributed by atoms with van der Waals surface area (Å²) in [6, 6.07) is -0.945. The Bertz CT molecular complexity index is 707. The van der Waals surface area contributed by atoms with E-state index in [0.29, 0.717) is 5.75 Å². The Balaban J connectivity index is 1.97. The Morgan fingerprint density at radius 1 is 1.33 bits per heavy atom. The van der Waals surface area contributed by atoms with Gasteiger partial charge in [0.15, 0.2) is 0 Å². The zero-order valence-corrected chi connectivity index (χ0v) is 11.7. The fourth-order valence-electron chi connectivity index (χ4n) is 2.43. The van der Waals surface area contributed by atoms with Crippen LogP contribution < -0.4 is 11.2 Å². The Morgan fingerprint density at radius 2 is 2.05 bits per heavy atom. The van der Waals surface area contributed by atoms with Crippen LogP contribution in [0.5, 0.6) is 0 Å². The minimum Gasteiger partial charge on any atom is -0.480 e. The summed E-state index contributed by atoms with van der Waals surface area (Å²) in [6.45, 7) is 0. The number of carbonyl (C=O) groups is 2. The molecule has 2 atom stereocenters. The van der Waals surface area contributed by atoms with Crippen molar-refractivity contribution in [1.82, 2.24) is 14.9 Å². The quantitative estimate of drug-likeness (QED) is 0.687. The fraction of sp³-hybridized carbons (Fsp3) is 0.500. The summed E-state index contributed by atoms with van der Waals surface area (Å²) in [5, 5.41) is 9.04. The summed E-state index contributed by atoms with van der Waals surface area (Å²) in [5.41, 5.74) is -1.76. The van der Waals surface area contributed by atoms with E-state index in [1.807, 2.05) is 4.98 Å². The average Bonchev–Trinajstić information content (AvgIpc) is 3.16. The minimum absolute atomic E-state index is 0.218. The van der Waals surface area contributed by atoms with E-state index in [0.717, 1.165) is 19.0 Å².